The van der Waals surface area contributed by atoms with Crippen molar-refractivity contribution in [2.45, 2.75) is 45.6 Å². The minimum atomic E-state index is 0.168. The zero-order chi connectivity index (χ0) is 19.5. The molecule has 1 heterocycles. The zero-order valence-electron chi connectivity index (χ0n) is 16.6. The number of aryl methyl sites for hydroxylation is 1. The molecule has 0 atom stereocenters. The summed E-state index contributed by atoms with van der Waals surface area (Å²) >= 11 is 0. The lowest BCUT2D eigenvalue weighted by Gasteiger charge is -2.24. The largest absolute Gasteiger partial charge is 0.342 e. The Balaban J connectivity index is 1.49. The van der Waals surface area contributed by atoms with Crippen LogP contribution in [0.2, 0.25) is 0 Å². The van der Waals surface area contributed by atoms with Crippen LogP contribution in [0.25, 0.3) is 0 Å². The number of likely N-dealkylation sites (tertiary alicyclic amines) is 1. The van der Waals surface area contributed by atoms with E-state index in [9.17, 15) is 9.59 Å². The fraction of sp³-hybridized carbons (Fsp3) is 0.417. The fourth-order valence-electron chi connectivity index (χ4n) is 3.89. The van der Waals surface area contributed by atoms with Crippen LogP contribution in [-0.4, -0.2) is 29.8 Å². The molecular weight excluding hydrogens is 348 g/mol. The SMILES string of the molecule is Cc1cccc(CN(C(=O)C2CC2)c2ccc(CC(=O)N3CCCC3)cc2)c1. The predicted molar refractivity (Wildman–Crippen MR) is 111 cm³/mol. The molecule has 2 aliphatic rings. The summed E-state index contributed by atoms with van der Waals surface area (Å²) in [6.07, 6.45) is 4.65. The average molecular weight is 377 g/mol. The first-order valence-electron chi connectivity index (χ1n) is 10.3. The molecule has 2 fully saturated rings. The maximum atomic E-state index is 12.9. The molecule has 2 amide bonds. The second kappa shape index (κ2) is 8.17. The van der Waals surface area contributed by atoms with E-state index >= 15 is 0 Å². The van der Waals surface area contributed by atoms with E-state index in [2.05, 4.69) is 25.1 Å². The number of amides is 2. The summed E-state index contributed by atoms with van der Waals surface area (Å²) in [4.78, 5) is 29.1. The molecule has 0 bridgehead atoms. The number of carbonyl (C=O) groups excluding carboxylic acids is 2. The number of benzene rings is 2. The van der Waals surface area contributed by atoms with Gasteiger partial charge in [0.2, 0.25) is 11.8 Å². The van der Waals surface area contributed by atoms with Gasteiger partial charge in [0.25, 0.3) is 0 Å². The van der Waals surface area contributed by atoms with Crippen LogP contribution in [0.15, 0.2) is 48.5 Å². The van der Waals surface area contributed by atoms with Gasteiger partial charge in [-0.2, -0.15) is 0 Å². The number of carbonyl (C=O) groups is 2. The molecule has 4 nitrogen and oxygen atoms in total. The summed E-state index contributed by atoms with van der Waals surface area (Å²) in [6, 6.07) is 16.3. The second-order valence-electron chi connectivity index (χ2n) is 8.12. The Morgan fingerprint density at radius 2 is 1.71 bits per heavy atom. The van der Waals surface area contributed by atoms with E-state index in [0.29, 0.717) is 13.0 Å². The van der Waals surface area contributed by atoms with Crippen molar-refractivity contribution in [1.82, 2.24) is 4.90 Å². The van der Waals surface area contributed by atoms with Gasteiger partial charge in [0, 0.05) is 24.7 Å². The van der Waals surface area contributed by atoms with Gasteiger partial charge < -0.3 is 9.80 Å². The summed E-state index contributed by atoms with van der Waals surface area (Å²) in [5, 5.41) is 0. The Hall–Kier alpha value is -2.62. The third kappa shape index (κ3) is 4.44. The van der Waals surface area contributed by atoms with E-state index in [0.717, 1.165) is 55.6 Å². The smallest absolute Gasteiger partial charge is 0.230 e. The van der Waals surface area contributed by atoms with Crippen LogP contribution in [0.5, 0.6) is 0 Å². The van der Waals surface area contributed by atoms with Gasteiger partial charge in [0.05, 0.1) is 13.0 Å². The molecule has 146 valence electrons. The average Bonchev–Trinajstić information content (AvgIpc) is 3.40. The van der Waals surface area contributed by atoms with Crippen molar-refractivity contribution in [1.29, 1.82) is 0 Å². The van der Waals surface area contributed by atoms with Gasteiger partial charge in [0.1, 0.15) is 0 Å². The van der Waals surface area contributed by atoms with E-state index in [1.54, 1.807) is 0 Å². The van der Waals surface area contributed by atoms with E-state index in [4.69, 9.17) is 0 Å². The van der Waals surface area contributed by atoms with Gasteiger partial charge in [-0.25, -0.2) is 0 Å². The summed E-state index contributed by atoms with van der Waals surface area (Å²) in [5.41, 5.74) is 4.26. The van der Waals surface area contributed by atoms with E-state index in [-0.39, 0.29) is 17.7 Å². The molecule has 0 unspecified atom stereocenters. The summed E-state index contributed by atoms with van der Waals surface area (Å²) in [7, 11) is 0. The highest BCUT2D eigenvalue weighted by Gasteiger charge is 2.34. The van der Waals surface area contributed by atoms with Gasteiger partial charge in [-0.3, -0.25) is 9.59 Å². The molecule has 1 saturated carbocycles. The summed E-state index contributed by atoms with van der Waals surface area (Å²) < 4.78 is 0. The Morgan fingerprint density at radius 1 is 1.00 bits per heavy atom. The standard InChI is InChI=1S/C24H28N2O2/c1-18-5-4-6-20(15-18)17-26(24(28)21-9-10-21)22-11-7-19(8-12-22)16-23(27)25-13-2-3-14-25/h4-8,11-12,15,21H,2-3,9-10,13-14,16-17H2,1H3. The molecule has 4 rings (SSSR count). The Kier molecular flexibility index (Phi) is 5.47. The number of anilines is 1. The molecule has 0 spiro atoms. The van der Waals surface area contributed by atoms with Crippen molar-refractivity contribution in [2.24, 2.45) is 5.92 Å². The summed E-state index contributed by atoms with van der Waals surface area (Å²) in [5.74, 6) is 0.583. The van der Waals surface area contributed by atoms with Gasteiger partial charge in [0.15, 0.2) is 0 Å². The molecule has 1 aliphatic carbocycles. The van der Waals surface area contributed by atoms with Gasteiger partial charge >= 0.3 is 0 Å². The quantitative estimate of drug-likeness (QED) is 0.761. The van der Waals surface area contributed by atoms with Crippen LogP contribution in [-0.2, 0) is 22.6 Å². The van der Waals surface area contributed by atoms with Gasteiger partial charge in [-0.15, -0.1) is 0 Å². The van der Waals surface area contributed by atoms with E-state index < -0.39 is 0 Å². The first kappa shape index (κ1) is 18.7. The lowest BCUT2D eigenvalue weighted by Crippen LogP contribution is -2.31. The molecule has 1 aliphatic heterocycles. The maximum absolute atomic E-state index is 12.9. The second-order valence-corrected chi connectivity index (χ2v) is 8.12. The monoisotopic (exact) mass is 376 g/mol. The fourth-order valence-corrected chi connectivity index (χ4v) is 3.89. The van der Waals surface area contributed by atoms with Crippen LogP contribution in [0.4, 0.5) is 5.69 Å². The van der Waals surface area contributed by atoms with Gasteiger partial charge in [-0.05, 0) is 55.9 Å². The van der Waals surface area contributed by atoms with Crippen molar-refractivity contribution >= 4 is 17.5 Å². The summed E-state index contributed by atoms with van der Waals surface area (Å²) in [6.45, 7) is 4.43. The lowest BCUT2D eigenvalue weighted by atomic mass is 10.1. The normalized spacial score (nSPS) is 16.2. The van der Waals surface area contributed by atoms with E-state index in [1.165, 1.54) is 5.56 Å². The van der Waals surface area contributed by atoms with Crippen molar-refractivity contribution in [3.63, 3.8) is 0 Å². The number of hydrogen-bond acceptors (Lipinski definition) is 2. The molecule has 2 aromatic carbocycles. The van der Waals surface area contributed by atoms with Crippen LogP contribution < -0.4 is 4.90 Å². The number of nitrogens with zero attached hydrogens (tertiary/aromatic N) is 2. The molecule has 2 aromatic rings. The molecule has 4 heteroatoms. The third-order valence-electron chi connectivity index (χ3n) is 5.68. The molecular formula is C24H28N2O2. The Bertz CT molecular complexity index is 849. The van der Waals surface area contributed by atoms with Crippen molar-refractivity contribution in [3.8, 4) is 0 Å². The first-order chi connectivity index (χ1) is 13.6. The maximum Gasteiger partial charge on any atom is 0.230 e. The molecule has 0 N–H and O–H groups in total. The highest BCUT2D eigenvalue weighted by molar-refractivity contribution is 5.96. The molecule has 0 aromatic heterocycles. The van der Waals surface area contributed by atoms with Gasteiger partial charge in [-0.1, -0.05) is 42.0 Å². The lowest BCUT2D eigenvalue weighted by molar-refractivity contribution is -0.129. The zero-order valence-corrected chi connectivity index (χ0v) is 16.6. The number of rotatable bonds is 6. The van der Waals surface area contributed by atoms with Crippen molar-refractivity contribution in [2.75, 3.05) is 18.0 Å². The Labute approximate surface area is 167 Å². The minimum absolute atomic E-state index is 0.168. The van der Waals surface area contributed by atoms with Crippen LogP contribution in [0, 0.1) is 12.8 Å². The first-order valence-corrected chi connectivity index (χ1v) is 10.3. The van der Waals surface area contributed by atoms with E-state index in [1.807, 2.05) is 40.1 Å². The number of hydrogen-bond donors (Lipinski definition) is 0. The van der Waals surface area contributed by atoms with Crippen LogP contribution >= 0.6 is 0 Å². The molecule has 1 saturated heterocycles. The van der Waals surface area contributed by atoms with Crippen LogP contribution in [0.1, 0.15) is 42.4 Å². The van der Waals surface area contributed by atoms with Crippen molar-refractivity contribution < 1.29 is 9.59 Å². The molecule has 0 radical (unpaired) electrons. The highest BCUT2D eigenvalue weighted by Crippen LogP contribution is 2.33. The van der Waals surface area contributed by atoms with Crippen LogP contribution in [0.3, 0.4) is 0 Å². The minimum Gasteiger partial charge on any atom is -0.342 e. The highest BCUT2D eigenvalue weighted by atomic mass is 16.2. The third-order valence-corrected chi connectivity index (χ3v) is 5.68. The Morgan fingerprint density at radius 3 is 2.36 bits per heavy atom. The predicted octanol–water partition coefficient (Wildman–Crippen LogP) is 4.10. The molecule has 28 heavy (non-hydrogen) atoms. The van der Waals surface area contributed by atoms with Crippen molar-refractivity contribution in [3.05, 3.63) is 65.2 Å². The topological polar surface area (TPSA) is 40.6 Å².